The molecule has 1 aromatic rings. The number of benzene rings is 1. The average Bonchev–Trinajstić information content (AvgIpc) is 2.83. The zero-order valence-corrected chi connectivity index (χ0v) is 12.1. The molecule has 2 rings (SSSR count). The van der Waals surface area contributed by atoms with E-state index in [2.05, 4.69) is 23.5 Å². The van der Waals surface area contributed by atoms with Gasteiger partial charge in [0.15, 0.2) is 5.11 Å². The van der Waals surface area contributed by atoms with E-state index in [1.807, 2.05) is 18.7 Å². The van der Waals surface area contributed by atoms with Crippen molar-refractivity contribution in [3.8, 4) is 0 Å². The lowest BCUT2D eigenvalue weighted by molar-refractivity contribution is -0.121. The molecule has 0 aromatic heterocycles. The van der Waals surface area contributed by atoms with Crippen LogP contribution in [0.4, 0.5) is 5.69 Å². The number of nitrogens with one attached hydrogen (secondary N) is 1. The van der Waals surface area contributed by atoms with Gasteiger partial charge in [0.25, 0.3) is 0 Å². The summed E-state index contributed by atoms with van der Waals surface area (Å²) in [4.78, 5) is 13.3. The summed E-state index contributed by atoms with van der Waals surface area (Å²) in [6.45, 7) is 4.85. The van der Waals surface area contributed by atoms with Crippen molar-refractivity contribution in [3.05, 3.63) is 29.3 Å². The second-order valence-corrected chi connectivity index (χ2v) is 5.39. The molecule has 4 nitrogen and oxygen atoms in total. The van der Waals surface area contributed by atoms with Gasteiger partial charge >= 0.3 is 0 Å². The Morgan fingerprint density at radius 3 is 2.89 bits per heavy atom. The number of anilines is 1. The Hall–Kier alpha value is -1.62. The number of amides is 1. The van der Waals surface area contributed by atoms with Crippen LogP contribution < -0.4 is 11.1 Å². The zero-order valence-electron chi connectivity index (χ0n) is 11.3. The van der Waals surface area contributed by atoms with Gasteiger partial charge in [-0.3, -0.25) is 4.79 Å². The number of nitrogens with two attached hydrogens (primary N) is 1. The predicted octanol–water partition coefficient (Wildman–Crippen LogP) is 1.95. The Morgan fingerprint density at radius 2 is 2.21 bits per heavy atom. The van der Waals surface area contributed by atoms with E-state index < -0.39 is 0 Å². The highest BCUT2D eigenvalue weighted by molar-refractivity contribution is 7.80. The largest absolute Gasteiger partial charge is 0.368 e. The molecular formula is C14H19N3OS. The molecule has 0 radical (unpaired) electrons. The second-order valence-electron chi connectivity index (χ2n) is 5.00. The number of thiocarbonyl (C=S) groups is 1. The van der Waals surface area contributed by atoms with Gasteiger partial charge in [0.05, 0.1) is 0 Å². The minimum Gasteiger partial charge on any atom is -0.368 e. The first-order chi connectivity index (χ1) is 8.99. The van der Waals surface area contributed by atoms with Crippen molar-refractivity contribution in [1.82, 2.24) is 4.90 Å². The van der Waals surface area contributed by atoms with E-state index >= 15 is 0 Å². The van der Waals surface area contributed by atoms with Crippen molar-refractivity contribution in [2.45, 2.75) is 32.7 Å². The third kappa shape index (κ3) is 3.04. The van der Waals surface area contributed by atoms with Gasteiger partial charge in [-0.05, 0) is 56.1 Å². The predicted molar refractivity (Wildman–Crippen MR) is 81.1 cm³/mol. The lowest BCUT2D eigenvalue weighted by Crippen LogP contribution is -2.45. The van der Waals surface area contributed by atoms with E-state index in [1.54, 1.807) is 0 Å². The van der Waals surface area contributed by atoms with Crippen molar-refractivity contribution in [1.29, 1.82) is 0 Å². The third-order valence-electron chi connectivity index (χ3n) is 3.48. The first kappa shape index (κ1) is 13.8. The summed E-state index contributed by atoms with van der Waals surface area (Å²) in [5, 5.41) is 3.81. The van der Waals surface area contributed by atoms with Crippen LogP contribution in [0.25, 0.3) is 0 Å². The van der Waals surface area contributed by atoms with Crippen molar-refractivity contribution >= 4 is 28.9 Å². The van der Waals surface area contributed by atoms with Gasteiger partial charge in [0.1, 0.15) is 6.04 Å². The molecule has 19 heavy (non-hydrogen) atoms. The smallest absolute Gasteiger partial charge is 0.240 e. The Morgan fingerprint density at radius 1 is 1.47 bits per heavy atom. The number of nitrogens with zero attached hydrogens (tertiary/aromatic N) is 1. The van der Waals surface area contributed by atoms with Crippen LogP contribution in [0.5, 0.6) is 0 Å². The maximum absolute atomic E-state index is 11.4. The van der Waals surface area contributed by atoms with Gasteiger partial charge < -0.3 is 16.0 Å². The molecule has 1 amide bonds. The number of primary amides is 1. The molecule has 0 spiro atoms. The summed E-state index contributed by atoms with van der Waals surface area (Å²) in [6.07, 6.45) is 1.73. The van der Waals surface area contributed by atoms with Crippen LogP contribution in [-0.4, -0.2) is 28.5 Å². The van der Waals surface area contributed by atoms with Crippen molar-refractivity contribution in [3.63, 3.8) is 0 Å². The maximum atomic E-state index is 11.4. The number of aryl methyl sites for hydroxylation is 2. The maximum Gasteiger partial charge on any atom is 0.240 e. The minimum absolute atomic E-state index is 0.273. The number of hydrogen-bond donors (Lipinski definition) is 2. The van der Waals surface area contributed by atoms with Gasteiger partial charge in [-0.15, -0.1) is 0 Å². The molecular weight excluding hydrogens is 258 g/mol. The SMILES string of the molecule is Cc1ccc(C)c(NC(=S)N2CCC[C@@H]2C(N)=O)c1. The summed E-state index contributed by atoms with van der Waals surface area (Å²) in [5.41, 5.74) is 8.69. The Labute approximate surface area is 119 Å². The summed E-state index contributed by atoms with van der Waals surface area (Å²) in [6, 6.07) is 5.89. The second kappa shape index (κ2) is 5.57. The van der Waals surface area contributed by atoms with E-state index in [0.29, 0.717) is 5.11 Å². The first-order valence-corrected chi connectivity index (χ1v) is 6.84. The minimum atomic E-state index is -0.303. The number of carbonyl (C=O) groups excluding carboxylic acids is 1. The summed E-state index contributed by atoms with van der Waals surface area (Å²) in [5.74, 6) is -0.303. The molecule has 1 heterocycles. The molecule has 0 bridgehead atoms. The fourth-order valence-electron chi connectivity index (χ4n) is 2.36. The monoisotopic (exact) mass is 277 g/mol. The summed E-state index contributed by atoms with van der Waals surface area (Å²) >= 11 is 5.40. The van der Waals surface area contributed by atoms with Crippen LogP contribution in [0, 0.1) is 13.8 Å². The molecule has 3 N–H and O–H groups in total. The summed E-state index contributed by atoms with van der Waals surface area (Å²) < 4.78 is 0. The third-order valence-corrected chi connectivity index (χ3v) is 3.81. The van der Waals surface area contributed by atoms with Crippen LogP contribution in [0.3, 0.4) is 0 Å². The van der Waals surface area contributed by atoms with Gasteiger partial charge in [0.2, 0.25) is 5.91 Å². The Balaban J connectivity index is 2.12. The number of carbonyl (C=O) groups is 1. The Bertz CT molecular complexity index is 515. The van der Waals surface area contributed by atoms with E-state index in [4.69, 9.17) is 18.0 Å². The fourth-order valence-corrected chi connectivity index (χ4v) is 2.69. The molecule has 1 aliphatic rings. The number of hydrogen-bond acceptors (Lipinski definition) is 2. The van der Waals surface area contributed by atoms with Gasteiger partial charge in [-0.1, -0.05) is 12.1 Å². The lowest BCUT2D eigenvalue weighted by Gasteiger charge is -2.26. The van der Waals surface area contributed by atoms with Gasteiger partial charge in [-0.25, -0.2) is 0 Å². The molecule has 1 aliphatic heterocycles. The number of likely N-dealkylation sites (tertiary alicyclic amines) is 1. The quantitative estimate of drug-likeness (QED) is 0.811. The molecule has 1 fully saturated rings. The molecule has 5 heteroatoms. The van der Waals surface area contributed by atoms with Crippen LogP contribution in [-0.2, 0) is 4.79 Å². The van der Waals surface area contributed by atoms with E-state index in [-0.39, 0.29) is 11.9 Å². The van der Waals surface area contributed by atoms with E-state index in [1.165, 1.54) is 5.56 Å². The fraction of sp³-hybridized carbons (Fsp3) is 0.429. The highest BCUT2D eigenvalue weighted by Gasteiger charge is 2.30. The van der Waals surface area contributed by atoms with Gasteiger partial charge in [0, 0.05) is 12.2 Å². The van der Waals surface area contributed by atoms with Crippen molar-refractivity contribution < 1.29 is 4.79 Å². The van der Waals surface area contributed by atoms with E-state index in [0.717, 1.165) is 30.6 Å². The van der Waals surface area contributed by atoms with Gasteiger partial charge in [-0.2, -0.15) is 0 Å². The molecule has 1 atom stereocenters. The van der Waals surface area contributed by atoms with Crippen LogP contribution in [0.15, 0.2) is 18.2 Å². The molecule has 102 valence electrons. The molecule has 1 aromatic carbocycles. The molecule has 0 aliphatic carbocycles. The molecule has 1 saturated heterocycles. The Kier molecular flexibility index (Phi) is 4.04. The van der Waals surface area contributed by atoms with Crippen LogP contribution in [0.1, 0.15) is 24.0 Å². The highest BCUT2D eigenvalue weighted by Crippen LogP contribution is 2.21. The lowest BCUT2D eigenvalue weighted by atomic mass is 10.1. The first-order valence-electron chi connectivity index (χ1n) is 6.43. The molecule has 0 unspecified atom stereocenters. The summed E-state index contributed by atoms with van der Waals surface area (Å²) in [7, 11) is 0. The van der Waals surface area contributed by atoms with Crippen LogP contribution >= 0.6 is 12.2 Å². The zero-order chi connectivity index (χ0) is 14.0. The molecule has 0 saturated carbocycles. The average molecular weight is 277 g/mol. The van der Waals surface area contributed by atoms with Crippen molar-refractivity contribution in [2.75, 3.05) is 11.9 Å². The highest BCUT2D eigenvalue weighted by atomic mass is 32.1. The number of rotatable bonds is 2. The standard InChI is InChI=1S/C14H19N3OS/c1-9-5-6-10(2)11(8-9)16-14(19)17-7-3-4-12(17)13(15)18/h5-6,8,12H,3-4,7H2,1-2H3,(H2,15,18)(H,16,19)/t12-/m1/s1. The normalized spacial score (nSPS) is 18.4. The van der Waals surface area contributed by atoms with Crippen LogP contribution in [0.2, 0.25) is 0 Å². The topological polar surface area (TPSA) is 58.4 Å². The van der Waals surface area contributed by atoms with E-state index in [9.17, 15) is 4.79 Å². The van der Waals surface area contributed by atoms with Crippen molar-refractivity contribution in [2.24, 2.45) is 5.73 Å².